The molecule has 1 aromatic carbocycles. The van der Waals surface area contributed by atoms with Gasteiger partial charge in [0.2, 0.25) is 0 Å². The highest BCUT2D eigenvalue weighted by Crippen LogP contribution is 2.36. The van der Waals surface area contributed by atoms with E-state index in [1.807, 2.05) is 30.3 Å². The average molecular weight is 262 g/mol. The first kappa shape index (κ1) is 14.0. The second-order valence-electron chi connectivity index (χ2n) is 5.47. The summed E-state index contributed by atoms with van der Waals surface area (Å²) in [5.74, 6) is -0.765. The minimum Gasteiger partial charge on any atom is -0.481 e. The fourth-order valence-electron chi connectivity index (χ4n) is 3.06. The summed E-state index contributed by atoms with van der Waals surface area (Å²) in [6.45, 7) is 0. The first-order valence-corrected chi connectivity index (χ1v) is 6.88. The van der Waals surface area contributed by atoms with Gasteiger partial charge < -0.3 is 16.6 Å². The number of aliphatic carboxylic acids is 1. The maximum Gasteiger partial charge on any atom is 0.306 e. The van der Waals surface area contributed by atoms with E-state index in [1.54, 1.807) is 0 Å². The van der Waals surface area contributed by atoms with Gasteiger partial charge in [0.15, 0.2) is 0 Å². The minimum atomic E-state index is -0.692. The lowest BCUT2D eigenvalue weighted by atomic mass is 9.86. The Labute approximate surface area is 113 Å². The van der Waals surface area contributed by atoms with Crippen LogP contribution in [0.4, 0.5) is 0 Å². The maximum absolute atomic E-state index is 11.2. The molecule has 1 fully saturated rings. The molecular formula is C15H22N2O2. The molecule has 19 heavy (non-hydrogen) atoms. The van der Waals surface area contributed by atoms with E-state index in [-0.39, 0.29) is 23.9 Å². The lowest BCUT2D eigenvalue weighted by Crippen LogP contribution is -2.37. The van der Waals surface area contributed by atoms with Crippen LogP contribution >= 0.6 is 0 Å². The van der Waals surface area contributed by atoms with E-state index < -0.39 is 5.97 Å². The van der Waals surface area contributed by atoms with E-state index in [0.717, 1.165) is 24.8 Å². The molecule has 104 valence electrons. The second kappa shape index (κ2) is 6.17. The third-order valence-corrected chi connectivity index (χ3v) is 4.20. The summed E-state index contributed by atoms with van der Waals surface area (Å²) in [5, 5.41) is 9.18. The van der Waals surface area contributed by atoms with Gasteiger partial charge in [0.1, 0.15) is 0 Å². The molecule has 4 nitrogen and oxygen atoms in total. The maximum atomic E-state index is 11.2. The van der Waals surface area contributed by atoms with Crippen molar-refractivity contribution >= 4 is 5.97 Å². The molecule has 0 aromatic heterocycles. The molecule has 0 amide bonds. The molecule has 1 saturated carbocycles. The quantitative estimate of drug-likeness (QED) is 0.756. The van der Waals surface area contributed by atoms with Crippen LogP contribution in [0.2, 0.25) is 0 Å². The Balaban J connectivity index is 1.97. The van der Waals surface area contributed by atoms with Crippen LogP contribution in [0.15, 0.2) is 30.3 Å². The fraction of sp³-hybridized carbons (Fsp3) is 0.533. The van der Waals surface area contributed by atoms with E-state index >= 15 is 0 Å². The van der Waals surface area contributed by atoms with Gasteiger partial charge in [-0.2, -0.15) is 0 Å². The smallest absolute Gasteiger partial charge is 0.306 e. The molecule has 4 atom stereocenters. The number of hydrogen-bond donors (Lipinski definition) is 3. The number of carboxylic acid groups (broad SMARTS) is 1. The summed E-state index contributed by atoms with van der Waals surface area (Å²) in [4.78, 5) is 11.2. The normalized spacial score (nSPS) is 26.0. The average Bonchev–Trinajstić information content (AvgIpc) is 2.87. The molecule has 5 N–H and O–H groups in total. The fourth-order valence-corrected chi connectivity index (χ4v) is 3.06. The summed E-state index contributed by atoms with van der Waals surface area (Å²) in [5.41, 5.74) is 13.4. The lowest BCUT2D eigenvalue weighted by Gasteiger charge is -2.25. The van der Waals surface area contributed by atoms with Gasteiger partial charge in [0.05, 0.1) is 5.92 Å². The number of carbonyl (C=O) groups is 1. The highest BCUT2D eigenvalue weighted by atomic mass is 16.4. The van der Waals surface area contributed by atoms with Crippen molar-refractivity contribution in [3.8, 4) is 0 Å². The number of benzene rings is 1. The Kier molecular flexibility index (Phi) is 4.56. The van der Waals surface area contributed by atoms with Gasteiger partial charge in [0, 0.05) is 12.1 Å². The molecule has 0 bridgehead atoms. The summed E-state index contributed by atoms with van der Waals surface area (Å²) >= 11 is 0. The van der Waals surface area contributed by atoms with Gasteiger partial charge in [-0.1, -0.05) is 36.8 Å². The number of hydrogen-bond acceptors (Lipinski definition) is 3. The van der Waals surface area contributed by atoms with Crippen molar-refractivity contribution in [2.75, 3.05) is 0 Å². The van der Waals surface area contributed by atoms with E-state index in [2.05, 4.69) is 0 Å². The van der Waals surface area contributed by atoms with Crippen LogP contribution < -0.4 is 11.5 Å². The summed E-state index contributed by atoms with van der Waals surface area (Å²) in [6.07, 6.45) is 3.39. The van der Waals surface area contributed by atoms with Crippen molar-refractivity contribution in [2.45, 2.75) is 37.8 Å². The molecule has 1 aliphatic carbocycles. The molecule has 0 radical (unpaired) electrons. The molecule has 0 saturated heterocycles. The number of rotatable bonds is 5. The van der Waals surface area contributed by atoms with Gasteiger partial charge in [-0.05, 0) is 30.7 Å². The van der Waals surface area contributed by atoms with Crippen LogP contribution in [-0.4, -0.2) is 17.1 Å². The van der Waals surface area contributed by atoms with Crippen LogP contribution in [0.1, 0.15) is 37.3 Å². The van der Waals surface area contributed by atoms with Crippen molar-refractivity contribution in [3.05, 3.63) is 35.9 Å². The zero-order valence-electron chi connectivity index (χ0n) is 11.0. The predicted molar refractivity (Wildman–Crippen MR) is 74.4 cm³/mol. The van der Waals surface area contributed by atoms with Gasteiger partial charge in [-0.25, -0.2) is 0 Å². The minimum absolute atomic E-state index is 0.169. The van der Waals surface area contributed by atoms with E-state index in [9.17, 15) is 9.90 Å². The van der Waals surface area contributed by atoms with Crippen molar-refractivity contribution in [2.24, 2.45) is 23.3 Å². The first-order valence-electron chi connectivity index (χ1n) is 6.88. The van der Waals surface area contributed by atoms with Crippen LogP contribution in [0.25, 0.3) is 0 Å². The molecule has 0 aliphatic heterocycles. The molecular weight excluding hydrogens is 240 g/mol. The zero-order chi connectivity index (χ0) is 13.8. The molecule has 2 rings (SSSR count). The highest BCUT2D eigenvalue weighted by molar-refractivity contribution is 5.70. The Morgan fingerprint density at radius 1 is 1.26 bits per heavy atom. The molecule has 4 heteroatoms. The van der Waals surface area contributed by atoms with Crippen LogP contribution in [0.3, 0.4) is 0 Å². The number of carboxylic acids is 1. The predicted octanol–water partition coefficient (Wildman–Crippen LogP) is 1.90. The van der Waals surface area contributed by atoms with Crippen LogP contribution in [0.5, 0.6) is 0 Å². The third-order valence-electron chi connectivity index (χ3n) is 4.20. The molecule has 1 aromatic rings. The second-order valence-corrected chi connectivity index (χ2v) is 5.47. The molecule has 4 unspecified atom stereocenters. The SMILES string of the molecule is NC(CC1CCCC1C(=O)O)C(N)c1ccccc1. The van der Waals surface area contributed by atoms with Crippen molar-refractivity contribution in [3.63, 3.8) is 0 Å². The Bertz CT molecular complexity index is 421. The Hall–Kier alpha value is -1.39. The van der Waals surface area contributed by atoms with Crippen molar-refractivity contribution in [1.29, 1.82) is 0 Å². The monoisotopic (exact) mass is 262 g/mol. The Morgan fingerprint density at radius 3 is 2.58 bits per heavy atom. The molecule has 0 spiro atoms. The molecule has 1 aliphatic rings. The standard InChI is InChI=1S/C15H22N2O2/c16-13(14(17)10-5-2-1-3-6-10)9-11-7-4-8-12(11)15(18)19/h1-3,5-6,11-14H,4,7-9,16-17H2,(H,18,19). The van der Waals surface area contributed by atoms with E-state index in [4.69, 9.17) is 11.5 Å². The third kappa shape index (κ3) is 3.33. The zero-order valence-corrected chi connectivity index (χ0v) is 11.0. The van der Waals surface area contributed by atoms with Gasteiger partial charge in [-0.3, -0.25) is 4.79 Å². The van der Waals surface area contributed by atoms with Crippen molar-refractivity contribution < 1.29 is 9.90 Å². The number of nitrogens with two attached hydrogens (primary N) is 2. The summed E-state index contributed by atoms with van der Waals surface area (Å²) in [7, 11) is 0. The summed E-state index contributed by atoms with van der Waals surface area (Å²) in [6, 6.07) is 9.35. The highest BCUT2D eigenvalue weighted by Gasteiger charge is 2.34. The van der Waals surface area contributed by atoms with Gasteiger partial charge >= 0.3 is 5.97 Å². The van der Waals surface area contributed by atoms with Crippen LogP contribution in [0, 0.1) is 11.8 Å². The first-order chi connectivity index (χ1) is 9.09. The van der Waals surface area contributed by atoms with Crippen molar-refractivity contribution in [1.82, 2.24) is 0 Å². The Morgan fingerprint density at radius 2 is 1.95 bits per heavy atom. The van der Waals surface area contributed by atoms with Crippen LogP contribution in [-0.2, 0) is 4.79 Å². The van der Waals surface area contributed by atoms with Gasteiger partial charge in [-0.15, -0.1) is 0 Å². The topological polar surface area (TPSA) is 89.3 Å². The molecule has 0 heterocycles. The van der Waals surface area contributed by atoms with Gasteiger partial charge in [0.25, 0.3) is 0 Å². The van der Waals surface area contributed by atoms with E-state index in [1.165, 1.54) is 0 Å². The summed E-state index contributed by atoms with van der Waals surface area (Å²) < 4.78 is 0. The van der Waals surface area contributed by atoms with E-state index in [0.29, 0.717) is 6.42 Å². The largest absolute Gasteiger partial charge is 0.481 e. The lowest BCUT2D eigenvalue weighted by molar-refractivity contribution is -0.143.